The van der Waals surface area contributed by atoms with Gasteiger partial charge in [-0.1, -0.05) is 0 Å². The minimum Gasteiger partial charge on any atom is -0.388 e. The molecule has 3 nitrogen and oxygen atoms in total. The fraction of sp³-hybridized carbons (Fsp3) is 1.00. The van der Waals surface area contributed by atoms with Gasteiger partial charge in [-0.15, -0.1) is 0 Å². The van der Waals surface area contributed by atoms with Crippen LogP contribution in [0.2, 0.25) is 0 Å². The van der Waals surface area contributed by atoms with Crippen LogP contribution < -0.4 is 5.32 Å². The molecule has 2 N–H and O–H groups in total. The smallest absolute Gasteiger partial charge is 0.0824 e. The van der Waals surface area contributed by atoms with Crippen LogP contribution in [-0.2, 0) is 4.74 Å². The molecule has 0 aromatic carbocycles. The monoisotopic (exact) mass is 159 g/mol. The second kappa shape index (κ2) is 3.52. The quantitative estimate of drug-likeness (QED) is 0.615. The standard InChI is InChI=1S/C8H17NO2/c1-8(2,10)6-11-7-3-4-9-5-7/h7,9-10H,3-6H2,1-2H3. The molecule has 3 heteroatoms. The van der Waals surface area contributed by atoms with Crippen molar-refractivity contribution in [3.8, 4) is 0 Å². The summed E-state index contributed by atoms with van der Waals surface area (Å²) in [5.74, 6) is 0. The third-order valence-corrected chi connectivity index (χ3v) is 1.69. The van der Waals surface area contributed by atoms with Crippen LogP contribution in [0.5, 0.6) is 0 Å². The Bertz CT molecular complexity index is 114. The summed E-state index contributed by atoms with van der Waals surface area (Å²) in [5.41, 5.74) is -0.692. The Kier molecular flexibility index (Phi) is 2.87. The van der Waals surface area contributed by atoms with Gasteiger partial charge in [-0.2, -0.15) is 0 Å². The van der Waals surface area contributed by atoms with Crippen LogP contribution in [0.4, 0.5) is 0 Å². The van der Waals surface area contributed by atoms with Crippen LogP contribution in [0.15, 0.2) is 0 Å². The maximum atomic E-state index is 9.33. The van der Waals surface area contributed by atoms with E-state index >= 15 is 0 Å². The maximum absolute atomic E-state index is 9.33. The highest BCUT2D eigenvalue weighted by atomic mass is 16.5. The van der Waals surface area contributed by atoms with E-state index in [-0.39, 0.29) is 0 Å². The first-order chi connectivity index (χ1) is 5.08. The summed E-state index contributed by atoms with van der Waals surface area (Å²) in [4.78, 5) is 0. The molecule has 0 radical (unpaired) electrons. The summed E-state index contributed by atoms with van der Waals surface area (Å²) in [5, 5.41) is 12.5. The van der Waals surface area contributed by atoms with Crippen molar-refractivity contribution in [2.75, 3.05) is 19.7 Å². The third-order valence-electron chi connectivity index (χ3n) is 1.69. The third kappa shape index (κ3) is 3.70. The zero-order chi connectivity index (χ0) is 8.32. The van der Waals surface area contributed by atoms with Crippen molar-refractivity contribution in [1.29, 1.82) is 0 Å². The number of nitrogens with one attached hydrogen (secondary N) is 1. The van der Waals surface area contributed by atoms with Gasteiger partial charge in [0.05, 0.1) is 18.3 Å². The van der Waals surface area contributed by atoms with Crippen molar-refractivity contribution >= 4 is 0 Å². The molecule has 1 unspecified atom stereocenters. The van der Waals surface area contributed by atoms with E-state index in [0.717, 1.165) is 19.5 Å². The average molecular weight is 159 g/mol. The Morgan fingerprint density at radius 2 is 2.36 bits per heavy atom. The first kappa shape index (κ1) is 8.97. The summed E-state index contributed by atoms with van der Waals surface area (Å²) >= 11 is 0. The van der Waals surface area contributed by atoms with Gasteiger partial charge in [0.2, 0.25) is 0 Å². The Labute approximate surface area is 67.7 Å². The van der Waals surface area contributed by atoms with Crippen LogP contribution in [0.1, 0.15) is 20.3 Å². The lowest BCUT2D eigenvalue weighted by Crippen LogP contribution is -2.30. The minimum atomic E-state index is -0.692. The fourth-order valence-electron chi connectivity index (χ4n) is 1.09. The molecule has 0 bridgehead atoms. The van der Waals surface area contributed by atoms with Crippen LogP contribution in [0, 0.1) is 0 Å². The summed E-state index contributed by atoms with van der Waals surface area (Å²) in [6, 6.07) is 0. The SMILES string of the molecule is CC(C)(O)COC1CCNC1. The molecule has 0 saturated carbocycles. The second-order valence-corrected chi connectivity index (χ2v) is 3.74. The Morgan fingerprint density at radius 1 is 1.64 bits per heavy atom. The van der Waals surface area contributed by atoms with Crippen LogP contribution >= 0.6 is 0 Å². The molecular weight excluding hydrogens is 142 g/mol. The zero-order valence-electron chi connectivity index (χ0n) is 7.26. The molecule has 11 heavy (non-hydrogen) atoms. The van der Waals surface area contributed by atoms with Gasteiger partial charge in [-0.25, -0.2) is 0 Å². The summed E-state index contributed by atoms with van der Waals surface area (Å²) in [6.07, 6.45) is 1.37. The van der Waals surface area contributed by atoms with Crippen molar-refractivity contribution in [2.45, 2.75) is 32.0 Å². The highest BCUT2D eigenvalue weighted by Crippen LogP contribution is 2.08. The molecule has 1 atom stereocenters. The van der Waals surface area contributed by atoms with E-state index in [1.807, 2.05) is 0 Å². The Morgan fingerprint density at radius 3 is 2.82 bits per heavy atom. The molecule has 1 saturated heterocycles. The number of rotatable bonds is 3. The Balaban J connectivity index is 2.11. The van der Waals surface area contributed by atoms with Gasteiger partial charge >= 0.3 is 0 Å². The van der Waals surface area contributed by atoms with E-state index in [0.29, 0.717) is 12.7 Å². The van der Waals surface area contributed by atoms with Crippen LogP contribution in [0.25, 0.3) is 0 Å². The molecule has 0 spiro atoms. The molecule has 66 valence electrons. The van der Waals surface area contributed by atoms with Crippen molar-refractivity contribution in [3.63, 3.8) is 0 Å². The fourth-order valence-corrected chi connectivity index (χ4v) is 1.09. The number of aliphatic hydroxyl groups is 1. The van der Waals surface area contributed by atoms with Gasteiger partial charge in [0.1, 0.15) is 0 Å². The lowest BCUT2D eigenvalue weighted by Gasteiger charge is -2.19. The minimum absolute atomic E-state index is 0.307. The van der Waals surface area contributed by atoms with E-state index in [2.05, 4.69) is 5.32 Å². The molecule has 0 aliphatic carbocycles. The van der Waals surface area contributed by atoms with E-state index in [4.69, 9.17) is 4.74 Å². The van der Waals surface area contributed by atoms with Crippen molar-refractivity contribution in [1.82, 2.24) is 5.32 Å². The molecule has 1 rings (SSSR count). The zero-order valence-corrected chi connectivity index (χ0v) is 7.26. The lowest BCUT2D eigenvalue weighted by atomic mass is 10.1. The van der Waals surface area contributed by atoms with E-state index < -0.39 is 5.60 Å². The summed E-state index contributed by atoms with van der Waals surface area (Å²) < 4.78 is 5.45. The van der Waals surface area contributed by atoms with Crippen molar-refractivity contribution < 1.29 is 9.84 Å². The second-order valence-electron chi connectivity index (χ2n) is 3.74. The van der Waals surface area contributed by atoms with Gasteiger partial charge in [-0.3, -0.25) is 0 Å². The molecule has 0 amide bonds. The number of hydrogen-bond donors (Lipinski definition) is 2. The summed E-state index contributed by atoms with van der Waals surface area (Å²) in [7, 11) is 0. The lowest BCUT2D eigenvalue weighted by molar-refractivity contribution is -0.0468. The Hall–Kier alpha value is -0.120. The van der Waals surface area contributed by atoms with Gasteiger partial charge in [-0.05, 0) is 26.8 Å². The maximum Gasteiger partial charge on any atom is 0.0824 e. The predicted molar refractivity (Wildman–Crippen MR) is 43.5 cm³/mol. The predicted octanol–water partition coefficient (Wildman–Crippen LogP) is 0.136. The van der Waals surface area contributed by atoms with Crippen molar-refractivity contribution in [2.24, 2.45) is 0 Å². The first-order valence-corrected chi connectivity index (χ1v) is 4.13. The highest BCUT2D eigenvalue weighted by Gasteiger charge is 2.19. The molecule has 1 aliphatic heterocycles. The van der Waals surface area contributed by atoms with E-state index in [1.165, 1.54) is 0 Å². The molecule has 0 aromatic rings. The molecular formula is C8H17NO2. The molecule has 1 heterocycles. The molecule has 1 fully saturated rings. The number of hydrogen-bond acceptors (Lipinski definition) is 3. The van der Waals surface area contributed by atoms with Gasteiger partial charge in [0.15, 0.2) is 0 Å². The van der Waals surface area contributed by atoms with Crippen LogP contribution in [-0.4, -0.2) is 36.5 Å². The average Bonchev–Trinajstić information content (AvgIpc) is 2.32. The van der Waals surface area contributed by atoms with Gasteiger partial charge in [0, 0.05) is 6.54 Å². The largest absolute Gasteiger partial charge is 0.388 e. The van der Waals surface area contributed by atoms with Gasteiger partial charge < -0.3 is 15.2 Å². The molecule has 1 aliphatic rings. The van der Waals surface area contributed by atoms with Gasteiger partial charge in [0.25, 0.3) is 0 Å². The van der Waals surface area contributed by atoms with E-state index in [9.17, 15) is 5.11 Å². The summed E-state index contributed by atoms with van der Waals surface area (Å²) in [6.45, 7) is 5.91. The highest BCUT2D eigenvalue weighted by molar-refractivity contribution is 4.73. The topological polar surface area (TPSA) is 41.5 Å². The normalized spacial score (nSPS) is 25.9. The first-order valence-electron chi connectivity index (χ1n) is 4.13. The van der Waals surface area contributed by atoms with Crippen molar-refractivity contribution in [3.05, 3.63) is 0 Å². The van der Waals surface area contributed by atoms with Crippen LogP contribution in [0.3, 0.4) is 0 Å². The number of ether oxygens (including phenoxy) is 1. The molecule has 0 aromatic heterocycles. The van der Waals surface area contributed by atoms with E-state index in [1.54, 1.807) is 13.8 Å².